The summed E-state index contributed by atoms with van der Waals surface area (Å²) in [6, 6.07) is 0. The average molecular weight is 282 g/mol. The molecule has 0 spiro atoms. The van der Waals surface area contributed by atoms with Crippen molar-refractivity contribution in [3.63, 3.8) is 0 Å². The number of hydrogen-bond acceptors (Lipinski definition) is 4. The van der Waals surface area contributed by atoms with Crippen LogP contribution in [0, 0.1) is 23.7 Å². The van der Waals surface area contributed by atoms with Gasteiger partial charge in [0.2, 0.25) is 0 Å². The Labute approximate surface area is 121 Å². The number of allylic oxidation sites excluding steroid dienone is 1. The van der Waals surface area contributed by atoms with Crippen LogP contribution in [0.5, 0.6) is 0 Å². The summed E-state index contributed by atoms with van der Waals surface area (Å²) < 4.78 is 10.6. The Bertz CT molecular complexity index is 403. The maximum absolute atomic E-state index is 11.3. The SMILES string of the molecule is COC1(O)OC=C2C(CC[C@@H](C)[C@@H]2CCC(C)=O)C1C. The molecule has 2 aliphatic rings. The Kier molecular flexibility index (Phi) is 4.55. The molecule has 1 N–H and O–H groups in total. The van der Waals surface area contributed by atoms with Gasteiger partial charge in [0.25, 0.3) is 0 Å². The molecule has 1 aliphatic carbocycles. The van der Waals surface area contributed by atoms with E-state index in [2.05, 4.69) is 6.92 Å². The Hall–Kier alpha value is -0.870. The Morgan fingerprint density at radius 2 is 2.20 bits per heavy atom. The first kappa shape index (κ1) is 15.5. The van der Waals surface area contributed by atoms with Gasteiger partial charge in [-0.05, 0) is 49.5 Å². The van der Waals surface area contributed by atoms with Gasteiger partial charge in [0.1, 0.15) is 5.78 Å². The maximum Gasteiger partial charge on any atom is 0.326 e. The lowest BCUT2D eigenvalue weighted by atomic mass is 9.65. The number of Topliss-reactive ketones (excluding diaryl/α,β-unsaturated/α-hetero) is 1. The molecule has 1 fully saturated rings. The number of methoxy groups -OCH3 is 1. The second kappa shape index (κ2) is 5.86. The standard InChI is InChI=1S/C16H26O4/c1-10-5-7-14-12(3)16(18,19-4)20-9-15(14)13(10)8-6-11(2)17/h9-10,12-14,18H,5-8H2,1-4H3/t10-,12?,13+,14?,16?/m1/s1. The van der Waals surface area contributed by atoms with E-state index >= 15 is 0 Å². The molecule has 0 saturated heterocycles. The molecule has 2 rings (SSSR count). The molecule has 0 aromatic heterocycles. The third-order valence-electron chi connectivity index (χ3n) is 5.12. The van der Waals surface area contributed by atoms with Gasteiger partial charge in [-0.3, -0.25) is 0 Å². The van der Waals surface area contributed by atoms with Crippen LogP contribution < -0.4 is 0 Å². The van der Waals surface area contributed by atoms with Gasteiger partial charge in [-0.15, -0.1) is 0 Å². The minimum absolute atomic E-state index is 0.0974. The van der Waals surface area contributed by atoms with Gasteiger partial charge < -0.3 is 19.4 Å². The van der Waals surface area contributed by atoms with Crippen LogP contribution in [0.4, 0.5) is 0 Å². The molecule has 1 heterocycles. The van der Waals surface area contributed by atoms with Crippen LogP contribution in [-0.4, -0.2) is 24.0 Å². The molecule has 0 amide bonds. The highest BCUT2D eigenvalue weighted by Crippen LogP contribution is 2.49. The third-order valence-corrected chi connectivity index (χ3v) is 5.12. The van der Waals surface area contributed by atoms with E-state index in [9.17, 15) is 9.90 Å². The zero-order chi connectivity index (χ0) is 14.9. The maximum atomic E-state index is 11.3. The van der Waals surface area contributed by atoms with Crippen LogP contribution in [0.25, 0.3) is 0 Å². The summed E-state index contributed by atoms with van der Waals surface area (Å²) in [5, 5.41) is 10.3. The normalized spacial score (nSPS) is 40.5. The predicted molar refractivity (Wildman–Crippen MR) is 75.6 cm³/mol. The number of fused-ring (bicyclic) bond motifs is 1. The van der Waals surface area contributed by atoms with E-state index < -0.39 is 5.97 Å². The fourth-order valence-electron chi connectivity index (χ4n) is 3.69. The summed E-state index contributed by atoms with van der Waals surface area (Å²) >= 11 is 0. The molecule has 0 radical (unpaired) electrons. The lowest BCUT2D eigenvalue weighted by Gasteiger charge is -2.46. The van der Waals surface area contributed by atoms with E-state index in [1.165, 1.54) is 12.7 Å². The zero-order valence-corrected chi connectivity index (χ0v) is 12.9. The summed E-state index contributed by atoms with van der Waals surface area (Å²) in [7, 11) is 1.47. The van der Waals surface area contributed by atoms with Crippen LogP contribution in [0.2, 0.25) is 0 Å². The number of rotatable bonds is 4. The molecule has 1 aliphatic heterocycles. The molecule has 0 aromatic carbocycles. The third kappa shape index (κ3) is 2.77. The largest absolute Gasteiger partial charge is 0.447 e. The molecule has 4 heteroatoms. The number of carbonyl (C=O) groups excluding carboxylic acids is 1. The number of ketones is 1. The van der Waals surface area contributed by atoms with Gasteiger partial charge in [0.15, 0.2) is 0 Å². The highest BCUT2D eigenvalue weighted by Gasteiger charge is 2.48. The van der Waals surface area contributed by atoms with Crippen LogP contribution in [-0.2, 0) is 14.3 Å². The lowest BCUT2D eigenvalue weighted by molar-refractivity contribution is -0.367. The minimum Gasteiger partial charge on any atom is -0.447 e. The zero-order valence-electron chi connectivity index (χ0n) is 12.9. The topological polar surface area (TPSA) is 55.8 Å². The van der Waals surface area contributed by atoms with Crippen molar-refractivity contribution in [3.05, 3.63) is 11.8 Å². The summed E-state index contributed by atoms with van der Waals surface area (Å²) in [5.74, 6) is -0.164. The monoisotopic (exact) mass is 282 g/mol. The molecule has 5 atom stereocenters. The first-order valence-electron chi connectivity index (χ1n) is 7.53. The smallest absolute Gasteiger partial charge is 0.326 e. The van der Waals surface area contributed by atoms with Crippen molar-refractivity contribution in [2.45, 2.75) is 52.4 Å². The van der Waals surface area contributed by atoms with Gasteiger partial charge in [-0.2, -0.15) is 0 Å². The minimum atomic E-state index is -1.51. The van der Waals surface area contributed by atoms with Crippen LogP contribution >= 0.6 is 0 Å². The summed E-state index contributed by atoms with van der Waals surface area (Å²) in [4.78, 5) is 11.3. The molecule has 0 bridgehead atoms. The highest BCUT2D eigenvalue weighted by molar-refractivity contribution is 5.75. The van der Waals surface area contributed by atoms with Crippen LogP contribution in [0.3, 0.4) is 0 Å². The summed E-state index contributed by atoms with van der Waals surface area (Å²) in [5.41, 5.74) is 1.25. The second-order valence-corrected chi connectivity index (χ2v) is 6.37. The molecular formula is C16H26O4. The Morgan fingerprint density at radius 1 is 1.50 bits per heavy atom. The van der Waals surface area contributed by atoms with Gasteiger partial charge in [-0.25, -0.2) is 0 Å². The van der Waals surface area contributed by atoms with E-state index in [0.29, 0.717) is 18.3 Å². The second-order valence-electron chi connectivity index (χ2n) is 6.37. The molecule has 3 unspecified atom stereocenters. The molecule has 114 valence electrons. The van der Waals surface area contributed by atoms with Gasteiger partial charge >= 0.3 is 5.97 Å². The van der Waals surface area contributed by atoms with Crippen molar-refractivity contribution in [3.8, 4) is 0 Å². The van der Waals surface area contributed by atoms with Crippen molar-refractivity contribution in [2.75, 3.05) is 7.11 Å². The average Bonchev–Trinajstić information content (AvgIpc) is 2.41. The molecule has 20 heavy (non-hydrogen) atoms. The van der Waals surface area contributed by atoms with Gasteiger partial charge in [-0.1, -0.05) is 13.8 Å². The van der Waals surface area contributed by atoms with Crippen LogP contribution in [0.1, 0.15) is 46.5 Å². The van der Waals surface area contributed by atoms with E-state index in [0.717, 1.165) is 19.3 Å². The van der Waals surface area contributed by atoms with Crippen molar-refractivity contribution in [1.82, 2.24) is 0 Å². The van der Waals surface area contributed by atoms with Gasteiger partial charge in [0, 0.05) is 13.5 Å². The molecule has 0 aromatic rings. The summed E-state index contributed by atoms with van der Waals surface area (Å²) in [6.45, 7) is 5.85. The van der Waals surface area contributed by atoms with Crippen molar-refractivity contribution < 1.29 is 19.4 Å². The lowest BCUT2D eigenvalue weighted by Crippen LogP contribution is -2.49. The molecule has 4 nitrogen and oxygen atoms in total. The molecule has 1 saturated carbocycles. The van der Waals surface area contributed by atoms with Crippen molar-refractivity contribution >= 4 is 5.78 Å². The fraction of sp³-hybridized carbons (Fsp3) is 0.812. The van der Waals surface area contributed by atoms with Crippen molar-refractivity contribution in [2.24, 2.45) is 23.7 Å². The number of aliphatic hydroxyl groups is 1. The first-order chi connectivity index (χ1) is 9.39. The van der Waals surface area contributed by atoms with E-state index in [4.69, 9.17) is 9.47 Å². The van der Waals surface area contributed by atoms with Crippen LogP contribution in [0.15, 0.2) is 11.8 Å². The number of carbonyl (C=O) groups is 1. The highest BCUT2D eigenvalue weighted by atomic mass is 16.8. The van der Waals surface area contributed by atoms with E-state index in [-0.39, 0.29) is 17.6 Å². The number of hydrogen-bond donors (Lipinski definition) is 1. The van der Waals surface area contributed by atoms with E-state index in [1.54, 1.807) is 13.2 Å². The quantitative estimate of drug-likeness (QED) is 0.806. The predicted octanol–water partition coefficient (Wildman–Crippen LogP) is 2.86. The fourth-order valence-corrected chi connectivity index (χ4v) is 3.69. The first-order valence-corrected chi connectivity index (χ1v) is 7.53. The Morgan fingerprint density at radius 3 is 2.80 bits per heavy atom. The van der Waals surface area contributed by atoms with Crippen molar-refractivity contribution in [1.29, 1.82) is 0 Å². The van der Waals surface area contributed by atoms with E-state index in [1.807, 2.05) is 6.92 Å². The molecular weight excluding hydrogens is 256 g/mol. The Balaban J connectivity index is 2.20. The summed E-state index contributed by atoms with van der Waals surface area (Å²) in [6.07, 6.45) is 5.34. The number of ether oxygens (including phenoxy) is 2. The van der Waals surface area contributed by atoms with Gasteiger partial charge in [0.05, 0.1) is 12.2 Å².